The Morgan fingerprint density at radius 2 is 2.00 bits per heavy atom. The highest BCUT2D eigenvalue weighted by Crippen LogP contribution is 2.17. The summed E-state index contributed by atoms with van der Waals surface area (Å²) in [6.07, 6.45) is 2.59. The van der Waals surface area contributed by atoms with Gasteiger partial charge in [0.2, 0.25) is 0 Å². The number of aliphatic hydroxyl groups is 1. The lowest BCUT2D eigenvalue weighted by molar-refractivity contribution is 0.265. The molecule has 0 aromatic heterocycles. The van der Waals surface area contributed by atoms with Crippen molar-refractivity contribution >= 4 is 0 Å². The van der Waals surface area contributed by atoms with Gasteiger partial charge in [-0.2, -0.15) is 0 Å². The highest BCUT2D eigenvalue weighted by Gasteiger charge is 2.03. The highest BCUT2D eigenvalue weighted by molar-refractivity contribution is 5.29. The van der Waals surface area contributed by atoms with Crippen molar-refractivity contribution < 1.29 is 14.2 Å². The Bertz CT molecular complexity index is 383. The minimum Gasteiger partial charge on any atom is -0.493 e. The second kappa shape index (κ2) is 9.72. The van der Waals surface area contributed by atoms with Crippen LogP contribution in [-0.2, 0) is 6.54 Å². The van der Waals surface area contributed by atoms with E-state index >= 15 is 0 Å². The van der Waals surface area contributed by atoms with Crippen LogP contribution in [0.3, 0.4) is 0 Å². The predicted molar refractivity (Wildman–Crippen MR) is 79.4 cm³/mol. The van der Waals surface area contributed by atoms with Crippen molar-refractivity contribution in [3.8, 4) is 5.75 Å². The van der Waals surface area contributed by atoms with Crippen molar-refractivity contribution in [2.75, 3.05) is 19.8 Å². The van der Waals surface area contributed by atoms with Crippen LogP contribution in [0.15, 0.2) is 18.2 Å². The Balaban J connectivity index is 2.40. The molecule has 0 aliphatic rings. The van der Waals surface area contributed by atoms with Crippen LogP contribution in [0.4, 0.5) is 4.39 Å². The Hall–Kier alpha value is -1.13. The average Bonchev–Trinajstić information content (AvgIpc) is 2.37. The Morgan fingerprint density at radius 3 is 2.70 bits per heavy atom. The summed E-state index contributed by atoms with van der Waals surface area (Å²) in [4.78, 5) is 0. The minimum absolute atomic E-state index is 0.214. The van der Waals surface area contributed by atoms with Gasteiger partial charge in [-0.1, -0.05) is 13.8 Å². The van der Waals surface area contributed by atoms with Crippen LogP contribution in [0.2, 0.25) is 0 Å². The molecule has 2 N–H and O–H groups in total. The topological polar surface area (TPSA) is 41.5 Å². The van der Waals surface area contributed by atoms with Gasteiger partial charge in [-0.25, -0.2) is 4.39 Å². The van der Waals surface area contributed by atoms with Gasteiger partial charge in [0.25, 0.3) is 0 Å². The predicted octanol–water partition coefficient (Wildman–Crippen LogP) is 3.11. The molecule has 0 fully saturated rings. The molecule has 0 aliphatic carbocycles. The monoisotopic (exact) mass is 283 g/mol. The fourth-order valence-corrected chi connectivity index (χ4v) is 1.89. The summed E-state index contributed by atoms with van der Waals surface area (Å²) in [6, 6.07) is 4.83. The number of unbranched alkanes of at least 4 members (excludes halogenated alkanes) is 2. The van der Waals surface area contributed by atoms with Crippen LogP contribution in [0.25, 0.3) is 0 Å². The molecule has 0 spiro atoms. The zero-order valence-electron chi connectivity index (χ0n) is 12.5. The van der Waals surface area contributed by atoms with Gasteiger partial charge in [-0.05, 0) is 49.4 Å². The summed E-state index contributed by atoms with van der Waals surface area (Å²) >= 11 is 0. The highest BCUT2D eigenvalue weighted by atomic mass is 19.1. The first kappa shape index (κ1) is 16.9. The van der Waals surface area contributed by atoms with Crippen molar-refractivity contribution in [3.05, 3.63) is 29.6 Å². The van der Waals surface area contributed by atoms with Crippen molar-refractivity contribution in [3.63, 3.8) is 0 Å². The first-order valence-corrected chi connectivity index (χ1v) is 7.35. The molecule has 0 aliphatic heterocycles. The van der Waals surface area contributed by atoms with Crippen LogP contribution in [0.1, 0.15) is 38.7 Å². The molecule has 0 heterocycles. The second-order valence-corrected chi connectivity index (χ2v) is 5.45. The first-order valence-electron chi connectivity index (χ1n) is 7.35. The van der Waals surface area contributed by atoms with Crippen molar-refractivity contribution in [2.24, 2.45) is 5.92 Å². The first-order chi connectivity index (χ1) is 9.61. The smallest absolute Gasteiger partial charge is 0.127 e. The summed E-state index contributed by atoms with van der Waals surface area (Å²) in [6.45, 7) is 6.61. The Labute approximate surface area is 121 Å². The number of rotatable bonds is 10. The summed E-state index contributed by atoms with van der Waals surface area (Å²) in [5.74, 6) is 0.889. The number of ether oxygens (including phenoxy) is 1. The molecule has 0 unspecified atom stereocenters. The third kappa shape index (κ3) is 7.46. The normalized spacial score (nSPS) is 11.1. The standard InChI is InChI=1S/C16H26FNO2/c1-13(2)11-18-12-14-8-15(17)10-16(9-14)20-7-5-3-4-6-19/h8-10,13,18-19H,3-7,11-12H2,1-2H3. The fourth-order valence-electron chi connectivity index (χ4n) is 1.89. The largest absolute Gasteiger partial charge is 0.493 e. The molecule has 0 atom stereocenters. The molecule has 0 saturated carbocycles. The maximum absolute atomic E-state index is 13.5. The second-order valence-electron chi connectivity index (χ2n) is 5.45. The summed E-state index contributed by atoms with van der Waals surface area (Å²) in [5, 5.41) is 12.0. The van der Waals surface area contributed by atoms with E-state index in [1.807, 2.05) is 6.07 Å². The number of benzene rings is 1. The van der Waals surface area contributed by atoms with Crippen molar-refractivity contribution in [1.29, 1.82) is 0 Å². The molecule has 114 valence electrons. The third-order valence-corrected chi connectivity index (χ3v) is 2.88. The molecular weight excluding hydrogens is 257 g/mol. The van der Waals surface area contributed by atoms with Crippen molar-refractivity contribution in [1.82, 2.24) is 5.32 Å². The van der Waals surface area contributed by atoms with E-state index < -0.39 is 0 Å². The molecule has 0 saturated heterocycles. The van der Waals surface area contributed by atoms with Crippen LogP contribution < -0.4 is 10.1 Å². The van der Waals surface area contributed by atoms with E-state index in [9.17, 15) is 4.39 Å². The average molecular weight is 283 g/mol. The molecule has 4 heteroatoms. The van der Waals surface area contributed by atoms with E-state index in [1.54, 1.807) is 0 Å². The lowest BCUT2D eigenvalue weighted by Gasteiger charge is -2.10. The minimum atomic E-state index is -0.265. The van der Waals surface area contributed by atoms with Gasteiger partial charge in [0.05, 0.1) is 6.61 Å². The van der Waals surface area contributed by atoms with E-state index in [-0.39, 0.29) is 12.4 Å². The number of aliphatic hydroxyl groups excluding tert-OH is 1. The van der Waals surface area contributed by atoms with Gasteiger partial charge in [0.1, 0.15) is 11.6 Å². The number of nitrogens with one attached hydrogen (secondary N) is 1. The molecule has 0 amide bonds. The van der Waals surface area contributed by atoms with E-state index in [4.69, 9.17) is 9.84 Å². The summed E-state index contributed by atoms with van der Waals surface area (Å²) in [5.41, 5.74) is 0.899. The molecule has 20 heavy (non-hydrogen) atoms. The van der Waals surface area contributed by atoms with Crippen molar-refractivity contribution in [2.45, 2.75) is 39.7 Å². The molecule has 3 nitrogen and oxygen atoms in total. The fraction of sp³-hybridized carbons (Fsp3) is 0.625. The molecule has 1 aromatic carbocycles. The zero-order chi connectivity index (χ0) is 14.8. The van der Waals surface area contributed by atoms with Crippen LogP contribution in [-0.4, -0.2) is 24.9 Å². The molecule has 0 radical (unpaired) electrons. The van der Waals surface area contributed by atoms with E-state index in [0.29, 0.717) is 24.8 Å². The zero-order valence-corrected chi connectivity index (χ0v) is 12.5. The molecule has 0 bridgehead atoms. The third-order valence-electron chi connectivity index (χ3n) is 2.88. The summed E-state index contributed by atoms with van der Waals surface area (Å²) in [7, 11) is 0. The maximum Gasteiger partial charge on any atom is 0.127 e. The Kier molecular flexibility index (Phi) is 8.23. The lowest BCUT2D eigenvalue weighted by Crippen LogP contribution is -2.19. The van der Waals surface area contributed by atoms with Gasteiger partial charge in [-0.15, -0.1) is 0 Å². The SMILES string of the molecule is CC(C)CNCc1cc(F)cc(OCCCCCO)c1. The quantitative estimate of drug-likeness (QED) is 0.648. The molecule has 1 rings (SSSR count). The van der Waals surface area contributed by atoms with Gasteiger partial charge in [0.15, 0.2) is 0 Å². The van der Waals surface area contributed by atoms with Crippen LogP contribution in [0, 0.1) is 11.7 Å². The number of halogens is 1. The molecular formula is C16H26FNO2. The summed E-state index contributed by atoms with van der Waals surface area (Å²) < 4.78 is 19.1. The van der Waals surface area contributed by atoms with Crippen LogP contribution >= 0.6 is 0 Å². The van der Waals surface area contributed by atoms with E-state index in [2.05, 4.69) is 19.2 Å². The molecule has 1 aromatic rings. The van der Waals surface area contributed by atoms with Crippen LogP contribution in [0.5, 0.6) is 5.75 Å². The van der Waals surface area contributed by atoms with Gasteiger partial charge < -0.3 is 15.2 Å². The number of hydrogen-bond donors (Lipinski definition) is 2. The van der Waals surface area contributed by atoms with Gasteiger partial charge in [-0.3, -0.25) is 0 Å². The maximum atomic E-state index is 13.5. The van der Waals surface area contributed by atoms with Gasteiger partial charge >= 0.3 is 0 Å². The Morgan fingerprint density at radius 1 is 1.20 bits per heavy atom. The van der Waals surface area contributed by atoms with E-state index in [0.717, 1.165) is 31.4 Å². The van der Waals surface area contributed by atoms with Gasteiger partial charge in [0, 0.05) is 19.2 Å². The lowest BCUT2D eigenvalue weighted by atomic mass is 10.2. The number of hydrogen-bond acceptors (Lipinski definition) is 3. The van der Waals surface area contributed by atoms with E-state index in [1.165, 1.54) is 12.1 Å².